The molecule has 106 valence electrons. The summed E-state index contributed by atoms with van der Waals surface area (Å²) >= 11 is 0. The van der Waals surface area contributed by atoms with Gasteiger partial charge in [0.05, 0.1) is 27.4 Å². The SMILES string of the molecule is COC(=O)CCC[C@@H](O)c1ccc(OC)c(OC)c1. The lowest BCUT2D eigenvalue weighted by Gasteiger charge is -2.14. The minimum absolute atomic E-state index is 0.264. The summed E-state index contributed by atoms with van der Waals surface area (Å²) in [6.45, 7) is 0. The van der Waals surface area contributed by atoms with E-state index < -0.39 is 6.10 Å². The highest BCUT2D eigenvalue weighted by Gasteiger charge is 2.12. The second-order valence-electron chi connectivity index (χ2n) is 4.10. The number of esters is 1. The van der Waals surface area contributed by atoms with Crippen LogP contribution in [0.3, 0.4) is 0 Å². The highest BCUT2D eigenvalue weighted by Crippen LogP contribution is 2.31. The molecule has 1 rings (SSSR count). The third kappa shape index (κ3) is 4.44. The maximum absolute atomic E-state index is 11.0. The van der Waals surface area contributed by atoms with Gasteiger partial charge in [-0.15, -0.1) is 0 Å². The van der Waals surface area contributed by atoms with Crippen molar-refractivity contribution in [3.63, 3.8) is 0 Å². The molecule has 5 nitrogen and oxygen atoms in total. The Kier molecular flexibility index (Phi) is 6.15. The third-order valence-electron chi connectivity index (χ3n) is 2.88. The Morgan fingerprint density at radius 3 is 2.47 bits per heavy atom. The molecule has 0 bridgehead atoms. The van der Waals surface area contributed by atoms with Crippen molar-refractivity contribution in [3.8, 4) is 11.5 Å². The molecule has 1 N–H and O–H groups in total. The van der Waals surface area contributed by atoms with E-state index in [0.29, 0.717) is 30.8 Å². The van der Waals surface area contributed by atoms with Crippen LogP contribution in [-0.4, -0.2) is 32.4 Å². The van der Waals surface area contributed by atoms with Gasteiger partial charge in [0.2, 0.25) is 0 Å². The van der Waals surface area contributed by atoms with E-state index in [1.807, 2.05) is 0 Å². The van der Waals surface area contributed by atoms with E-state index in [0.717, 1.165) is 5.56 Å². The number of aliphatic hydroxyl groups is 1. The molecule has 0 aliphatic carbocycles. The van der Waals surface area contributed by atoms with Gasteiger partial charge in [0.1, 0.15) is 0 Å². The Morgan fingerprint density at radius 2 is 1.89 bits per heavy atom. The number of methoxy groups -OCH3 is 3. The fourth-order valence-electron chi connectivity index (χ4n) is 1.77. The number of rotatable bonds is 7. The summed E-state index contributed by atoms with van der Waals surface area (Å²) in [4.78, 5) is 11.0. The molecule has 0 radical (unpaired) electrons. The van der Waals surface area contributed by atoms with Crippen LogP contribution in [-0.2, 0) is 9.53 Å². The van der Waals surface area contributed by atoms with Crippen LogP contribution in [0.4, 0.5) is 0 Å². The summed E-state index contributed by atoms with van der Waals surface area (Å²) in [5.74, 6) is 0.930. The highest BCUT2D eigenvalue weighted by molar-refractivity contribution is 5.69. The van der Waals surface area contributed by atoms with Gasteiger partial charge in [0.25, 0.3) is 0 Å². The quantitative estimate of drug-likeness (QED) is 0.767. The van der Waals surface area contributed by atoms with Crippen molar-refractivity contribution < 1.29 is 24.1 Å². The topological polar surface area (TPSA) is 65.0 Å². The molecule has 5 heteroatoms. The summed E-state index contributed by atoms with van der Waals surface area (Å²) in [6.07, 6.45) is 0.734. The Hall–Kier alpha value is -1.75. The molecule has 1 atom stereocenters. The number of aliphatic hydroxyl groups excluding tert-OH is 1. The number of carbonyl (C=O) groups excluding carboxylic acids is 1. The fourth-order valence-corrected chi connectivity index (χ4v) is 1.77. The zero-order chi connectivity index (χ0) is 14.3. The highest BCUT2D eigenvalue weighted by atomic mass is 16.5. The standard InChI is InChI=1S/C14H20O5/c1-17-12-8-7-10(9-13(12)18-2)11(15)5-4-6-14(16)19-3/h7-9,11,15H,4-6H2,1-3H3/t11-/m1/s1. The molecule has 0 unspecified atom stereocenters. The molecule has 0 saturated carbocycles. The Labute approximate surface area is 113 Å². The lowest BCUT2D eigenvalue weighted by Crippen LogP contribution is -2.03. The van der Waals surface area contributed by atoms with Gasteiger partial charge in [-0.1, -0.05) is 6.07 Å². The normalized spacial score (nSPS) is 11.8. The van der Waals surface area contributed by atoms with Crippen molar-refractivity contribution in [1.29, 1.82) is 0 Å². The van der Waals surface area contributed by atoms with E-state index in [9.17, 15) is 9.90 Å². The number of hydrogen-bond acceptors (Lipinski definition) is 5. The maximum atomic E-state index is 11.0. The number of hydrogen-bond donors (Lipinski definition) is 1. The molecule has 19 heavy (non-hydrogen) atoms. The van der Waals surface area contributed by atoms with Crippen molar-refractivity contribution in [2.24, 2.45) is 0 Å². The van der Waals surface area contributed by atoms with Crippen molar-refractivity contribution in [1.82, 2.24) is 0 Å². The molecule has 0 spiro atoms. The average Bonchev–Trinajstić information content (AvgIpc) is 2.45. The smallest absolute Gasteiger partial charge is 0.305 e. The second kappa shape index (κ2) is 7.63. The van der Waals surface area contributed by atoms with Crippen molar-refractivity contribution >= 4 is 5.97 Å². The lowest BCUT2D eigenvalue weighted by molar-refractivity contribution is -0.140. The lowest BCUT2D eigenvalue weighted by atomic mass is 10.0. The van der Waals surface area contributed by atoms with Gasteiger partial charge < -0.3 is 19.3 Å². The van der Waals surface area contributed by atoms with E-state index in [4.69, 9.17) is 9.47 Å². The molecule has 0 aliphatic heterocycles. The van der Waals surface area contributed by atoms with Crippen LogP contribution in [0.5, 0.6) is 11.5 Å². The van der Waals surface area contributed by atoms with Gasteiger partial charge in [-0.25, -0.2) is 0 Å². The van der Waals surface area contributed by atoms with Crippen LogP contribution in [0.15, 0.2) is 18.2 Å². The zero-order valence-electron chi connectivity index (χ0n) is 11.5. The summed E-state index contributed by atoms with van der Waals surface area (Å²) in [5, 5.41) is 10.0. The molecule has 0 heterocycles. The maximum Gasteiger partial charge on any atom is 0.305 e. The first-order valence-corrected chi connectivity index (χ1v) is 6.09. The number of benzene rings is 1. The molecular formula is C14H20O5. The summed E-state index contributed by atoms with van der Waals surface area (Å²) in [7, 11) is 4.46. The predicted octanol–water partition coefficient (Wildman–Crippen LogP) is 2.08. The largest absolute Gasteiger partial charge is 0.493 e. The van der Waals surface area contributed by atoms with E-state index in [1.54, 1.807) is 32.4 Å². The average molecular weight is 268 g/mol. The van der Waals surface area contributed by atoms with Gasteiger partial charge in [-0.05, 0) is 30.5 Å². The first-order valence-electron chi connectivity index (χ1n) is 6.09. The summed E-state index contributed by atoms with van der Waals surface area (Å²) in [6, 6.07) is 5.27. The van der Waals surface area contributed by atoms with Crippen LogP contribution in [0.2, 0.25) is 0 Å². The summed E-state index contributed by atoms with van der Waals surface area (Å²) < 4.78 is 14.9. The van der Waals surface area contributed by atoms with Crippen molar-refractivity contribution in [2.45, 2.75) is 25.4 Å². The molecule has 0 saturated heterocycles. The molecule has 0 amide bonds. The molecule has 1 aromatic carbocycles. The monoisotopic (exact) mass is 268 g/mol. The first-order chi connectivity index (χ1) is 9.12. The molecule has 0 aliphatic rings. The molecule has 0 aromatic heterocycles. The first kappa shape index (κ1) is 15.3. The Balaban J connectivity index is 2.61. The minimum atomic E-state index is -0.635. The Morgan fingerprint density at radius 1 is 1.21 bits per heavy atom. The fraction of sp³-hybridized carbons (Fsp3) is 0.500. The van der Waals surface area contributed by atoms with Gasteiger partial charge >= 0.3 is 5.97 Å². The van der Waals surface area contributed by atoms with Crippen LogP contribution in [0.1, 0.15) is 30.9 Å². The third-order valence-corrected chi connectivity index (χ3v) is 2.88. The minimum Gasteiger partial charge on any atom is -0.493 e. The van der Waals surface area contributed by atoms with Crippen LogP contribution < -0.4 is 9.47 Å². The van der Waals surface area contributed by atoms with E-state index in [2.05, 4.69) is 4.74 Å². The van der Waals surface area contributed by atoms with Gasteiger partial charge in [-0.3, -0.25) is 4.79 Å². The molecular weight excluding hydrogens is 248 g/mol. The van der Waals surface area contributed by atoms with E-state index in [-0.39, 0.29) is 5.97 Å². The number of carbonyl (C=O) groups is 1. The van der Waals surface area contributed by atoms with Crippen LogP contribution in [0.25, 0.3) is 0 Å². The zero-order valence-corrected chi connectivity index (χ0v) is 11.5. The predicted molar refractivity (Wildman–Crippen MR) is 70.4 cm³/mol. The molecule has 1 aromatic rings. The Bertz CT molecular complexity index is 416. The van der Waals surface area contributed by atoms with Gasteiger partial charge in [0.15, 0.2) is 11.5 Å². The van der Waals surface area contributed by atoms with Crippen molar-refractivity contribution in [2.75, 3.05) is 21.3 Å². The van der Waals surface area contributed by atoms with Crippen molar-refractivity contribution in [3.05, 3.63) is 23.8 Å². The van der Waals surface area contributed by atoms with Crippen LogP contribution >= 0.6 is 0 Å². The van der Waals surface area contributed by atoms with E-state index >= 15 is 0 Å². The number of ether oxygens (including phenoxy) is 3. The van der Waals surface area contributed by atoms with E-state index in [1.165, 1.54) is 7.11 Å². The van der Waals surface area contributed by atoms with Gasteiger partial charge in [-0.2, -0.15) is 0 Å². The van der Waals surface area contributed by atoms with Gasteiger partial charge in [0, 0.05) is 6.42 Å². The summed E-state index contributed by atoms with van der Waals surface area (Å²) in [5.41, 5.74) is 0.738. The molecule has 0 fully saturated rings. The second-order valence-corrected chi connectivity index (χ2v) is 4.10. The van der Waals surface area contributed by atoms with Crippen LogP contribution in [0, 0.1) is 0 Å².